The zero-order chi connectivity index (χ0) is 12.7. The molecule has 1 aromatic carbocycles. The largest absolute Gasteiger partial charge is 0.398 e. The summed E-state index contributed by atoms with van der Waals surface area (Å²) in [5.74, 6) is 0. The SMILES string of the molecule is COCCCN(C)c1ccc(N)c(CC#N)c1. The van der Waals surface area contributed by atoms with E-state index in [4.69, 9.17) is 15.7 Å². The highest BCUT2D eigenvalue weighted by Crippen LogP contribution is 2.20. The molecule has 0 saturated heterocycles. The number of nitriles is 1. The Hall–Kier alpha value is -1.73. The lowest BCUT2D eigenvalue weighted by Gasteiger charge is -2.20. The zero-order valence-corrected chi connectivity index (χ0v) is 10.4. The molecule has 0 fully saturated rings. The van der Waals surface area contributed by atoms with Crippen LogP contribution in [0.2, 0.25) is 0 Å². The summed E-state index contributed by atoms with van der Waals surface area (Å²) in [5.41, 5.74) is 8.46. The van der Waals surface area contributed by atoms with Gasteiger partial charge in [-0.05, 0) is 30.2 Å². The number of nitrogen functional groups attached to an aromatic ring is 1. The van der Waals surface area contributed by atoms with Crippen LogP contribution in [0, 0.1) is 11.3 Å². The average Bonchev–Trinajstić information content (AvgIpc) is 2.32. The summed E-state index contributed by atoms with van der Waals surface area (Å²) < 4.78 is 5.02. The third kappa shape index (κ3) is 3.97. The van der Waals surface area contributed by atoms with Crippen molar-refractivity contribution >= 4 is 11.4 Å². The van der Waals surface area contributed by atoms with E-state index >= 15 is 0 Å². The molecular weight excluding hydrogens is 214 g/mol. The van der Waals surface area contributed by atoms with E-state index < -0.39 is 0 Å². The van der Waals surface area contributed by atoms with Gasteiger partial charge in [-0.2, -0.15) is 5.26 Å². The molecule has 2 N–H and O–H groups in total. The average molecular weight is 233 g/mol. The fraction of sp³-hybridized carbons (Fsp3) is 0.462. The Kier molecular flexibility index (Phi) is 5.31. The van der Waals surface area contributed by atoms with Gasteiger partial charge >= 0.3 is 0 Å². The first-order chi connectivity index (χ1) is 8.19. The van der Waals surface area contributed by atoms with Crippen LogP contribution in [0.4, 0.5) is 11.4 Å². The molecule has 1 rings (SSSR count). The van der Waals surface area contributed by atoms with Crippen molar-refractivity contribution in [3.8, 4) is 6.07 Å². The minimum absolute atomic E-state index is 0.353. The van der Waals surface area contributed by atoms with E-state index in [1.807, 2.05) is 25.2 Å². The topological polar surface area (TPSA) is 62.3 Å². The van der Waals surface area contributed by atoms with Crippen LogP contribution in [0.15, 0.2) is 18.2 Å². The summed E-state index contributed by atoms with van der Waals surface area (Å²) in [6.45, 7) is 1.67. The minimum Gasteiger partial charge on any atom is -0.398 e. The third-order valence-electron chi connectivity index (χ3n) is 2.68. The third-order valence-corrected chi connectivity index (χ3v) is 2.68. The first-order valence-electron chi connectivity index (χ1n) is 5.64. The molecule has 17 heavy (non-hydrogen) atoms. The summed E-state index contributed by atoms with van der Waals surface area (Å²) in [6.07, 6.45) is 1.33. The lowest BCUT2D eigenvalue weighted by molar-refractivity contribution is 0.196. The van der Waals surface area contributed by atoms with Gasteiger partial charge in [-0.1, -0.05) is 0 Å². The predicted octanol–water partition coefficient (Wildman–Crippen LogP) is 1.81. The number of ether oxygens (including phenoxy) is 1. The second kappa shape index (κ2) is 6.77. The van der Waals surface area contributed by atoms with Gasteiger partial charge in [0.2, 0.25) is 0 Å². The van der Waals surface area contributed by atoms with Crippen molar-refractivity contribution < 1.29 is 4.74 Å². The van der Waals surface area contributed by atoms with Crippen LogP contribution in [0.5, 0.6) is 0 Å². The first-order valence-corrected chi connectivity index (χ1v) is 5.64. The van der Waals surface area contributed by atoms with E-state index in [1.165, 1.54) is 0 Å². The van der Waals surface area contributed by atoms with Gasteiger partial charge in [0.15, 0.2) is 0 Å². The minimum atomic E-state index is 0.353. The molecule has 0 heterocycles. The van der Waals surface area contributed by atoms with Crippen LogP contribution in [-0.2, 0) is 11.2 Å². The van der Waals surface area contributed by atoms with Crippen molar-refractivity contribution in [1.82, 2.24) is 0 Å². The van der Waals surface area contributed by atoms with Crippen molar-refractivity contribution in [3.63, 3.8) is 0 Å². The highest BCUT2D eigenvalue weighted by Gasteiger charge is 2.04. The van der Waals surface area contributed by atoms with Gasteiger partial charge in [0.05, 0.1) is 12.5 Å². The van der Waals surface area contributed by atoms with E-state index in [2.05, 4.69) is 11.0 Å². The number of nitrogens with zero attached hydrogens (tertiary/aromatic N) is 2. The molecule has 92 valence electrons. The van der Waals surface area contributed by atoms with Crippen molar-refractivity contribution in [1.29, 1.82) is 5.26 Å². The standard InChI is InChI=1S/C13H19N3O/c1-16(8-3-9-17-2)12-4-5-13(15)11(10-12)6-7-14/h4-5,10H,3,6,8-9,15H2,1-2H3. The molecule has 0 unspecified atom stereocenters. The van der Waals surface area contributed by atoms with E-state index in [0.717, 1.165) is 30.8 Å². The van der Waals surface area contributed by atoms with Gasteiger partial charge in [0.25, 0.3) is 0 Å². The monoisotopic (exact) mass is 233 g/mol. The summed E-state index contributed by atoms with van der Waals surface area (Å²) >= 11 is 0. The molecule has 0 aromatic heterocycles. The number of methoxy groups -OCH3 is 1. The first kappa shape index (κ1) is 13.3. The van der Waals surface area contributed by atoms with Gasteiger partial charge in [0.1, 0.15) is 0 Å². The van der Waals surface area contributed by atoms with Gasteiger partial charge < -0.3 is 15.4 Å². The maximum absolute atomic E-state index is 8.71. The second-order valence-electron chi connectivity index (χ2n) is 3.99. The quantitative estimate of drug-likeness (QED) is 0.601. The van der Waals surface area contributed by atoms with E-state index in [1.54, 1.807) is 7.11 Å². The van der Waals surface area contributed by atoms with Crippen molar-refractivity contribution in [3.05, 3.63) is 23.8 Å². The van der Waals surface area contributed by atoms with Crippen molar-refractivity contribution in [2.45, 2.75) is 12.8 Å². The Bertz CT molecular complexity index is 398. The molecule has 0 amide bonds. The Morgan fingerprint density at radius 2 is 2.24 bits per heavy atom. The molecular formula is C13H19N3O. The molecule has 0 aliphatic heterocycles. The zero-order valence-electron chi connectivity index (χ0n) is 10.4. The summed E-state index contributed by atoms with van der Waals surface area (Å²) in [5, 5.41) is 8.71. The molecule has 0 aliphatic carbocycles. The van der Waals surface area contributed by atoms with E-state index in [9.17, 15) is 0 Å². The van der Waals surface area contributed by atoms with Crippen LogP contribution in [-0.4, -0.2) is 27.3 Å². The molecule has 0 atom stereocenters. The summed E-state index contributed by atoms with van der Waals surface area (Å²) in [7, 11) is 3.73. The number of anilines is 2. The maximum atomic E-state index is 8.71. The maximum Gasteiger partial charge on any atom is 0.0670 e. The van der Waals surface area contributed by atoms with E-state index in [0.29, 0.717) is 12.1 Å². The second-order valence-corrected chi connectivity index (χ2v) is 3.99. The lowest BCUT2D eigenvalue weighted by Crippen LogP contribution is -2.19. The predicted molar refractivity (Wildman–Crippen MR) is 69.9 cm³/mol. The summed E-state index contributed by atoms with van der Waals surface area (Å²) in [6, 6.07) is 7.93. The van der Waals surface area contributed by atoms with Crippen molar-refractivity contribution in [2.75, 3.05) is 37.9 Å². The number of rotatable bonds is 6. The lowest BCUT2D eigenvalue weighted by atomic mass is 10.1. The molecule has 4 nitrogen and oxygen atoms in total. The Morgan fingerprint density at radius 3 is 2.88 bits per heavy atom. The normalized spacial score (nSPS) is 9.94. The van der Waals surface area contributed by atoms with Crippen molar-refractivity contribution in [2.24, 2.45) is 0 Å². The smallest absolute Gasteiger partial charge is 0.0670 e. The molecule has 0 saturated carbocycles. The number of benzene rings is 1. The fourth-order valence-corrected chi connectivity index (χ4v) is 1.64. The molecule has 4 heteroatoms. The molecule has 0 radical (unpaired) electrons. The van der Waals surface area contributed by atoms with Crippen LogP contribution in [0.3, 0.4) is 0 Å². The molecule has 0 bridgehead atoms. The molecule has 0 aliphatic rings. The van der Waals surface area contributed by atoms with Crippen LogP contribution >= 0.6 is 0 Å². The number of hydrogen-bond acceptors (Lipinski definition) is 4. The highest BCUT2D eigenvalue weighted by atomic mass is 16.5. The summed E-state index contributed by atoms with van der Waals surface area (Å²) in [4.78, 5) is 2.14. The van der Waals surface area contributed by atoms with Crippen LogP contribution in [0.1, 0.15) is 12.0 Å². The van der Waals surface area contributed by atoms with Gasteiger partial charge in [0, 0.05) is 38.7 Å². The van der Waals surface area contributed by atoms with Crippen LogP contribution in [0.25, 0.3) is 0 Å². The molecule has 0 spiro atoms. The Labute approximate surface area is 103 Å². The number of hydrogen-bond donors (Lipinski definition) is 1. The Morgan fingerprint density at radius 1 is 1.47 bits per heavy atom. The van der Waals surface area contributed by atoms with Gasteiger partial charge in [-0.3, -0.25) is 0 Å². The van der Waals surface area contributed by atoms with E-state index in [-0.39, 0.29) is 0 Å². The fourth-order valence-electron chi connectivity index (χ4n) is 1.64. The highest BCUT2D eigenvalue weighted by molar-refractivity contribution is 5.58. The number of nitrogens with two attached hydrogens (primary N) is 1. The Balaban J connectivity index is 2.70. The van der Waals surface area contributed by atoms with Gasteiger partial charge in [-0.15, -0.1) is 0 Å². The molecule has 1 aromatic rings. The van der Waals surface area contributed by atoms with Gasteiger partial charge in [-0.25, -0.2) is 0 Å². The van der Waals surface area contributed by atoms with Crippen LogP contribution < -0.4 is 10.6 Å².